The molecule has 1 aliphatic carbocycles. The molecule has 1 saturated carbocycles. The number of carbonyl (C=O) groups excluding carboxylic acids is 1. The standard InChI is InChI=1S/C21H26N2O2/c1-13-9-14(2)20-17(10-13)18(11-19(23-20)16-3-4-16)21(24)22-12-15-5-7-25-8-6-15/h9-11,15-16H,3-8,12H2,1-2H3,(H,22,24). The van der Waals surface area contributed by atoms with Crippen molar-refractivity contribution in [2.45, 2.75) is 45.4 Å². The number of hydrogen-bond donors (Lipinski definition) is 1. The number of ether oxygens (including phenoxy) is 1. The second kappa shape index (κ2) is 6.75. The van der Waals surface area contributed by atoms with E-state index in [2.05, 4.69) is 31.3 Å². The number of pyridine rings is 1. The van der Waals surface area contributed by atoms with Crippen LogP contribution >= 0.6 is 0 Å². The Morgan fingerprint density at radius 2 is 1.92 bits per heavy atom. The first-order chi connectivity index (χ1) is 12.1. The molecule has 2 aromatic rings. The third-order valence-electron chi connectivity index (χ3n) is 5.40. The molecular weight excluding hydrogens is 312 g/mol. The zero-order chi connectivity index (χ0) is 17.4. The van der Waals surface area contributed by atoms with Crippen molar-refractivity contribution in [1.82, 2.24) is 10.3 Å². The third-order valence-corrected chi connectivity index (χ3v) is 5.40. The Hall–Kier alpha value is -1.94. The van der Waals surface area contributed by atoms with Gasteiger partial charge >= 0.3 is 0 Å². The molecule has 1 amide bonds. The minimum absolute atomic E-state index is 0.0331. The van der Waals surface area contributed by atoms with Gasteiger partial charge in [0.15, 0.2) is 0 Å². The molecule has 1 aromatic heterocycles. The molecule has 2 aliphatic rings. The quantitative estimate of drug-likeness (QED) is 0.920. The third kappa shape index (κ3) is 3.54. The number of hydrogen-bond acceptors (Lipinski definition) is 3. The highest BCUT2D eigenvalue weighted by molar-refractivity contribution is 6.07. The Morgan fingerprint density at radius 1 is 1.16 bits per heavy atom. The summed E-state index contributed by atoms with van der Waals surface area (Å²) in [5.41, 5.74) is 5.16. The summed E-state index contributed by atoms with van der Waals surface area (Å²) in [5.74, 6) is 1.09. The number of nitrogens with one attached hydrogen (secondary N) is 1. The van der Waals surface area contributed by atoms with Crippen molar-refractivity contribution in [2.75, 3.05) is 19.8 Å². The van der Waals surface area contributed by atoms with E-state index in [1.54, 1.807) is 0 Å². The molecule has 4 nitrogen and oxygen atoms in total. The number of rotatable bonds is 4. The van der Waals surface area contributed by atoms with E-state index in [1.807, 2.05) is 6.07 Å². The number of amides is 1. The smallest absolute Gasteiger partial charge is 0.252 e. The van der Waals surface area contributed by atoms with Crippen molar-refractivity contribution in [3.63, 3.8) is 0 Å². The molecule has 1 N–H and O–H groups in total. The zero-order valence-electron chi connectivity index (χ0n) is 15.1. The van der Waals surface area contributed by atoms with E-state index in [1.165, 1.54) is 18.4 Å². The van der Waals surface area contributed by atoms with E-state index in [0.29, 0.717) is 11.8 Å². The number of nitrogens with zero attached hydrogens (tertiary/aromatic N) is 1. The summed E-state index contributed by atoms with van der Waals surface area (Å²) >= 11 is 0. The van der Waals surface area contributed by atoms with Crippen LogP contribution in [0.1, 0.15) is 58.8 Å². The number of carbonyl (C=O) groups is 1. The van der Waals surface area contributed by atoms with Crippen LogP contribution in [0, 0.1) is 19.8 Å². The summed E-state index contributed by atoms with van der Waals surface area (Å²) in [5, 5.41) is 4.14. The second-order valence-electron chi connectivity index (χ2n) is 7.61. The number of benzene rings is 1. The molecule has 1 aliphatic heterocycles. The number of aryl methyl sites for hydroxylation is 2. The first-order valence-corrected chi connectivity index (χ1v) is 9.39. The Kier molecular flexibility index (Phi) is 4.46. The maximum atomic E-state index is 12.9. The summed E-state index contributed by atoms with van der Waals surface area (Å²) in [7, 11) is 0. The fourth-order valence-corrected chi connectivity index (χ4v) is 3.76. The van der Waals surface area contributed by atoms with E-state index in [0.717, 1.165) is 60.3 Å². The average Bonchev–Trinajstić information content (AvgIpc) is 3.45. The summed E-state index contributed by atoms with van der Waals surface area (Å²) in [6.07, 6.45) is 4.44. The van der Waals surface area contributed by atoms with E-state index in [9.17, 15) is 4.79 Å². The van der Waals surface area contributed by atoms with Crippen molar-refractivity contribution < 1.29 is 9.53 Å². The van der Waals surface area contributed by atoms with E-state index >= 15 is 0 Å². The van der Waals surface area contributed by atoms with Crippen LogP contribution in [0.4, 0.5) is 0 Å². The van der Waals surface area contributed by atoms with Crippen LogP contribution in [0.25, 0.3) is 10.9 Å². The molecule has 4 heteroatoms. The molecule has 0 bridgehead atoms. The number of aromatic nitrogens is 1. The van der Waals surface area contributed by atoms with Crippen LogP contribution in [0.2, 0.25) is 0 Å². The molecule has 1 saturated heterocycles. The van der Waals surface area contributed by atoms with Crippen LogP contribution in [-0.2, 0) is 4.74 Å². The molecule has 0 radical (unpaired) electrons. The molecule has 0 atom stereocenters. The fourth-order valence-electron chi connectivity index (χ4n) is 3.76. The highest BCUT2D eigenvalue weighted by Gasteiger charge is 2.27. The van der Waals surface area contributed by atoms with Crippen LogP contribution < -0.4 is 5.32 Å². The summed E-state index contributed by atoms with van der Waals surface area (Å²) in [6, 6.07) is 6.27. The highest BCUT2D eigenvalue weighted by atomic mass is 16.5. The topological polar surface area (TPSA) is 51.2 Å². The van der Waals surface area contributed by atoms with Gasteiger partial charge in [0, 0.05) is 36.8 Å². The maximum Gasteiger partial charge on any atom is 0.252 e. The predicted octanol–water partition coefficient (Wildman–Crippen LogP) is 3.89. The van der Waals surface area contributed by atoms with Crippen molar-refractivity contribution in [2.24, 2.45) is 5.92 Å². The van der Waals surface area contributed by atoms with Gasteiger partial charge in [-0.25, -0.2) is 0 Å². The van der Waals surface area contributed by atoms with Gasteiger partial charge in [0.25, 0.3) is 5.91 Å². The molecule has 25 heavy (non-hydrogen) atoms. The van der Waals surface area contributed by atoms with Gasteiger partial charge in [0.2, 0.25) is 0 Å². The van der Waals surface area contributed by atoms with E-state index in [4.69, 9.17) is 9.72 Å². The van der Waals surface area contributed by atoms with Gasteiger partial charge in [-0.2, -0.15) is 0 Å². The average molecular weight is 338 g/mol. The Bertz CT molecular complexity index is 805. The van der Waals surface area contributed by atoms with Gasteiger partial charge in [0.1, 0.15) is 0 Å². The first kappa shape index (κ1) is 16.5. The molecule has 2 heterocycles. The summed E-state index contributed by atoms with van der Waals surface area (Å²) in [4.78, 5) is 17.8. The monoisotopic (exact) mass is 338 g/mol. The number of fused-ring (bicyclic) bond motifs is 1. The SMILES string of the molecule is Cc1cc(C)c2nc(C3CC3)cc(C(=O)NCC3CCOCC3)c2c1. The van der Waals surface area contributed by atoms with E-state index < -0.39 is 0 Å². The second-order valence-corrected chi connectivity index (χ2v) is 7.61. The van der Waals surface area contributed by atoms with Crippen LogP contribution in [0.15, 0.2) is 18.2 Å². The van der Waals surface area contributed by atoms with Gasteiger partial charge in [0.05, 0.1) is 11.1 Å². The molecule has 4 rings (SSSR count). The zero-order valence-corrected chi connectivity index (χ0v) is 15.1. The van der Waals surface area contributed by atoms with Crippen LogP contribution in [-0.4, -0.2) is 30.6 Å². The van der Waals surface area contributed by atoms with Crippen molar-refractivity contribution in [1.29, 1.82) is 0 Å². The van der Waals surface area contributed by atoms with Crippen LogP contribution in [0.5, 0.6) is 0 Å². The molecule has 0 unspecified atom stereocenters. The van der Waals surface area contributed by atoms with Gasteiger partial charge < -0.3 is 10.1 Å². The predicted molar refractivity (Wildman–Crippen MR) is 99.1 cm³/mol. The van der Waals surface area contributed by atoms with Crippen LogP contribution in [0.3, 0.4) is 0 Å². The molecule has 1 aromatic carbocycles. The maximum absolute atomic E-state index is 12.9. The Morgan fingerprint density at radius 3 is 2.64 bits per heavy atom. The molecule has 2 fully saturated rings. The van der Waals surface area contributed by atoms with Gasteiger partial charge in [-0.15, -0.1) is 0 Å². The summed E-state index contributed by atoms with van der Waals surface area (Å²) in [6.45, 7) is 6.51. The minimum atomic E-state index is 0.0331. The first-order valence-electron chi connectivity index (χ1n) is 9.39. The molecule has 132 valence electrons. The van der Waals surface area contributed by atoms with Crippen molar-refractivity contribution in [3.05, 3.63) is 40.6 Å². The van der Waals surface area contributed by atoms with Crippen molar-refractivity contribution >= 4 is 16.8 Å². The Labute approximate surface area is 149 Å². The van der Waals surface area contributed by atoms with Gasteiger partial charge in [-0.1, -0.05) is 11.6 Å². The largest absolute Gasteiger partial charge is 0.381 e. The van der Waals surface area contributed by atoms with Gasteiger partial charge in [-0.05, 0) is 63.1 Å². The minimum Gasteiger partial charge on any atom is -0.381 e. The molecular formula is C21H26N2O2. The summed E-state index contributed by atoms with van der Waals surface area (Å²) < 4.78 is 5.40. The normalized spacial score (nSPS) is 18.5. The lowest BCUT2D eigenvalue weighted by atomic mass is 9.98. The van der Waals surface area contributed by atoms with E-state index in [-0.39, 0.29) is 5.91 Å². The fraction of sp³-hybridized carbons (Fsp3) is 0.524. The Balaban J connectivity index is 1.65. The molecule has 0 spiro atoms. The lowest BCUT2D eigenvalue weighted by Crippen LogP contribution is -2.32. The highest BCUT2D eigenvalue weighted by Crippen LogP contribution is 2.40. The van der Waals surface area contributed by atoms with Gasteiger partial charge in [-0.3, -0.25) is 9.78 Å². The van der Waals surface area contributed by atoms with Crippen molar-refractivity contribution in [3.8, 4) is 0 Å². The lowest BCUT2D eigenvalue weighted by molar-refractivity contribution is 0.0643. The lowest BCUT2D eigenvalue weighted by Gasteiger charge is -2.22.